The van der Waals surface area contributed by atoms with E-state index in [4.69, 9.17) is 4.74 Å². The summed E-state index contributed by atoms with van der Waals surface area (Å²) in [6.07, 6.45) is 2.70. The summed E-state index contributed by atoms with van der Waals surface area (Å²) < 4.78 is 6.40. The second-order valence-electron chi connectivity index (χ2n) is 4.30. The number of nitro groups is 1. The molecule has 19 heavy (non-hydrogen) atoms. The van der Waals surface area contributed by atoms with Crippen molar-refractivity contribution in [3.63, 3.8) is 0 Å². The van der Waals surface area contributed by atoms with Gasteiger partial charge >= 0.3 is 5.69 Å². The molecule has 0 saturated heterocycles. The monoisotopic (exact) mass is 272 g/mol. The van der Waals surface area contributed by atoms with Crippen molar-refractivity contribution in [1.82, 2.24) is 15.1 Å². The highest BCUT2D eigenvalue weighted by Gasteiger charge is 2.13. The van der Waals surface area contributed by atoms with Crippen LogP contribution < -0.4 is 5.32 Å². The molecule has 0 saturated carbocycles. The lowest BCUT2D eigenvalue weighted by molar-refractivity contribution is -0.385. The van der Waals surface area contributed by atoms with E-state index in [0.717, 1.165) is 6.42 Å². The molecule has 1 aromatic rings. The third-order valence-corrected chi connectivity index (χ3v) is 2.73. The summed E-state index contributed by atoms with van der Waals surface area (Å²) in [5, 5.41) is 27.3. The molecule has 1 rings (SSSR count). The molecule has 2 atom stereocenters. The number of nitrogens with zero attached hydrogens (tertiary/aromatic N) is 3. The van der Waals surface area contributed by atoms with E-state index in [1.807, 2.05) is 6.92 Å². The maximum atomic E-state index is 10.5. The van der Waals surface area contributed by atoms with E-state index in [0.29, 0.717) is 13.2 Å². The van der Waals surface area contributed by atoms with Crippen LogP contribution in [0.4, 0.5) is 5.69 Å². The van der Waals surface area contributed by atoms with Crippen LogP contribution in [-0.2, 0) is 11.3 Å². The van der Waals surface area contributed by atoms with Gasteiger partial charge in [0.25, 0.3) is 0 Å². The average molecular weight is 272 g/mol. The molecule has 0 fully saturated rings. The molecular weight excluding hydrogens is 252 g/mol. The predicted molar refractivity (Wildman–Crippen MR) is 68.8 cm³/mol. The van der Waals surface area contributed by atoms with Gasteiger partial charge in [0.2, 0.25) is 0 Å². The molecule has 0 aliphatic carbocycles. The SMILES string of the molecule is CCC(COC)NCC(O)Cn1cc([N+](=O)[O-])cn1. The molecule has 0 aliphatic heterocycles. The van der Waals surface area contributed by atoms with Crippen molar-refractivity contribution >= 4 is 5.69 Å². The van der Waals surface area contributed by atoms with E-state index in [1.165, 1.54) is 17.1 Å². The average Bonchev–Trinajstić information content (AvgIpc) is 2.83. The van der Waals surface area contributed by atoms with Gasteiger partial charge in [0.15, 0.2) is 0 Å². The quantitative estimate of drug-likeness (QED) is 0.490. The fraction of sp³-hybridized carbons (Fsp3) is 0.727. The lowest BCUT2D eigenvalue weighted by Crippen LogP contribution is -2.39. The fourth-order valence-electron chi connectivity index (χ4n) is 1.65. The van der Waals surface area contributed by atoms with Gasteiger partial charge in [-0.2, -0.15) is 5.10 Å². The zero-order chi connectivity index (χ0) is 14.3. The summed E-state index contributed by atoms with van der Waals surface area (Å²) >= 11 is 0. The van der Waals surface area contributed by atoms with Crippen molar-refractivity contribution in [2.45, 2.75) is 32.0 Å². The minimum absolute atomic E-state index is 0.0778. The van der Waals surface area contributed by atoms with Gasteiger partial charge in [-0.25, -0.2) is 0 Å². The summed E-state index contributed by atoms with van der Waals surface area (Å²) in [7, 11) is 1.63. The van der Waals surface area contributed by atoms with Gasteiger partial charge in [0, 0.05) is 19.7 Å². The number of aliphatic hydroxyl groups excluding tert-OH is 1. The highest BCUT2D eigenvalue weighted by atomic mass is 16.6. The first kappa shape index (κ1) is 15.5. The Morgan fingerprint density at radius 3 is 2.95 bits per heavy atom. The van der Waals surface area contributed by atoms with Crippen molar-refractivity contribution in [3.8, 4) is 0 Å². The van der Waals surface area contributed by atoms with Gasteiger partial charge in [0.1, 0.15) is 12.4 Å². The number of ether oxygens (including phenoxy) is 1. The van der Waals surface area contributed by atoms with Gasteiger partial charge in [-0.3, -0.25) is 14.8 Å². The highest BCUT2D eigenvalue weighted by Crippen LogP contribution is 2.08. The van der Waals surface area contributed by atoms with E-state index in [2.05, 4.69) is 10.4 Å². The van der Waals surface area contributed by atoms with Crippen LogP contribution in [-0.4, -0.2) is 52.2 Å². The molecule has 0 amide bonds. The first-order valence-electron chi connectivity index (χ1n) is 6.14. The molecule has 2 N–H and O–H groups in total. The molecule has 0 radical (unpaired) electrons. The first-order valence-corrected chi connectivity index (χ1v) is 6.14. The molecule has 0 bridgehead atoms. The second-order valence-corrected chi connectivity index (χ2v) is 4.30. The summed E-state index contributed by atoms with van der Waals surface area (Å²) in [4.78, 5) is 9.98. The number of methoxy groups -OCH3 is 1. The van der Waals surface area contributed by atoms with Crippen molar-refractivity contribution in [2.24, 2.45) is 0 Å². The number of aliphatic hydroxyl groups is 1. The third kappa shape index (κ3) is 5.33. The van der Waals surface area contributed by atoms with Gasteiger partial charge in [0.05, 0.1) is 24.2 Å². The molecule has 8 nitrogen and oxygen atoms in total. The van der Waals surface area contributed by atoms with Crippen LogP contribution in [0.3, 0.4) is 0 Å². The second kappa shape index (κ2) is 7.82. The zero-order valence-electron chi connectivity index (χ0n) is 11.2. The van der Waals surface area contributed by atoms with E-state index in [9.17, 15) is 15.2 Å². The van der Waals surface area contributed by atoms with Crippen LogP contribution in [0.25, 0.3) is 0 Å². The lowest BCUT2D eigenvalue weighted by Gasteiger charge is -2.18. The summed E-state index contributed by atoms with van der Waals surface area (Å²) in [6, 6.07) is 0.187. The third-order valence-electron chi connectivity index (χ3n) is 2.73. The molecule has 0 spiro atoms. The smallest absolute Gasteiger partial charge is 0.306 e. The number of hydrogen-bond donors (Lipinski definition) is 2. The Labute approximate surface area is 111 Å². The Morgan fingerprint density at radius 1 is 1.68 bits per heavy atom. The van der Waals surface area contributed by atoms with Crippen LogP contribution in [0.15, 0.2) is 12.4 Å². The largest absolute Gasteiger partial charge is 0.390 e. The Kier molecular flexibility index (Phi) is 6.40. The van der Waals surface area contributed by atoms with E-state index in [1.54, 1.807) is 7.11 Å². The maximum absolute atomic E-state index is 10.5. The fourth-order valence-corrected chi connectivity index (χ4v) is 1.65. The summed E-state index contributed by atoms with van der Waals surface area (Å²) in [5.41, 5.74) is -0.0778. The maximum Gasteiger partial charge on any atom is 0.306 e. The molecule has 1 aromatic heterocycles. The number of aromatic nitrogens is 2. The van der Waals surface area contributed by atoms with Gasteiger partial charge in [-0.1, -0.05) is 6.92 Å². The van der Waals surface area contributed by atoms with Crippen molar-refractivity contribution in [2.75, 3.05) is 20.3 Å². The van der Waals surface area contributed by atoms with Crippen molar-refractivity contribution in [1.29, 1.82) is 0 Å². The van der Waals surface area contributed by atoms with Crippen LogP contribution >= 0.6 is 0 Å². The number of nitrogens with one attached hydrogen (secondary N) is 1. The molecule has 8 heteroatoms. The normalized spacial score (nSPS) is 14.3. The number of hydrogen-bond acceptors (Lipinski definition) is 6. The minimum atomic E-state index is -0.662. The van der Waals surface area contributed by atoms with E-state index in [-0.39, 0.29) is 18.3 Å². The van der Waals surface area contributed by atoms with Crippen molar-refractivity contribution in [3.05, 3.63) is 22.5 Å². The van der Waals surface area contributed by atoms with Crippen molar-refractivity contribution < 1.29 is 14.8 Å². The number of rotatable bonds is 9. The molecule has 0 aliphatic rings. The van der Waals surface area contributed by atoms with Gasteiger partial charge in [-0.15, -0.1) is 0 Å². The van der Waals surface area contributed by atoms with E-state index >= 15 is 0 Å². The van der Waals surface area contributed by atoms with Gasteiger partial charge in [-0.05, 0) is 6.42 Å². The van der Waals surface area contributed by atoms with Crippen LogP contribution in [0.2, 0.25) is 0 Å². The summed E-state index contributed by atoms with van der Waals surface area (Å²) in [5.74, 6) is 0. The van der Waals surface area contributed by atoms with Crippen LogP contribution in [0.5, 0.6) is 0 Å². The minimum Gasteiger partial charge on any atom is -0.390 e. The standard InChI is InChI=1S/C11H20N4O4/c1-3-9(8-19-2)12-5-11(16)7-14-6-10(4-13-14)15(17)18/h4,6,9,11-12,16H,3,5,7-8H2,1-2H3. The van der Waals surface area contributed by atoms with Crippen LogP contribution in [0.1, 0.15) is 13.3 Å². The van der Waals surface area contributed by atoms with E-state index < -0.39 is 11.0 Å². The lowest BCUT2D eigenvalue weighted by atomic mass is 10.2. The molecule has 2 unspecified atom stereocenters. The Hall–Kier alpha value is -1.51. The summed E-state index contributed by atoms with van der Waals surface area (Å²) in [6.45, 7) is 3.20. The molecular formula is C11H20N4O4. The Morgan fingerprint density at radius 2 is 2.42 bits per heavy atom. The predicted octanol–water partition coefficient (Wildman–Crippen LogP) is 0.167. The molecule has 108 valence electrons. The first-order chi connectivity index (χ1) is 9.06. The highest BCUT2D eigenvalue weighted by molar-refractivity contribution is 5.20. The zero-order valence-corrected chi connectivity index (χ0v) is 11.2. The molecule has 1 heterocycles. The topological polar surface area (TPSA) is 102 Å². The Balaban J connectivity index is 2.37. The Bertz CT molecular complexity index is 396. The van der Waals surface area contributed by atoms with Crippen LogP contribution in [0, 0.1) is 10.1 Å². The van der Waals surface area contributed by atoms with Gasteiger partial charge < -0.3 is 15.2 Å². The molecule has 0 aromatic carbocycles.